The number of nitrogens with zero attached hydrogens (tertiary/aromatic N) is 1. The van der Waals surface area contributed by atoms with Gasteiger partial charge in [-0.25, -0.2) is 0 Å². The lowest BCUT2D eigenvalue weighted by atomic mass is 9.78. The number of ether oxygens (including phenoxy) is 3. The number of esters is 1. The number of carbonyl (C=O) groups excluding carboxylic acids is 1. The summed E-state index contributed by atoms with van der Waals surface area (Å²) in [4.78, 5) is 15.1. The minimum Gasteiger partial charge on any atom is -0.459 e. The van der Waals surface area contributed by atoms with E-state index in [9.17, 15) is 30.3 Å². The van der Waals surface area contributed by atoms with Gasteiger partial charge >= 0.3 is 5.97 Å². The Balaban J connectivity index is 2.51. The maximum atomic E-state index is 13.2. The molecule has 0 spiro atoms. The smallest absolute Gasteiger partial charge is 0.311 e. The molecule has 0 saturated carbocycles. The van der Waals surface area contributed by atoms with E-state index in [2.05, 4.69) is 5.32 Å². The van der Waals surface area contributed by atoms with Crippen molar-refractivity contribution in [2.75, 3.05) is 20.6 Å². The van der Waals surface area contributed by atoms with E-state index in [-0.39, 0.29) is 30.9 Å². The van der Waals surface area contributed by atoms with Gasteiger partial charge < -0.3 is 50.0 Å². The Morgan fingerprint density at radius 2 is 1.68 bits per heavy atom. The molecular formula is C29H56N2O9. The van der Waals surface area contributed by atoms with Crippen molar-refractivity contribution in [3.8, 4) is 0 Å². The summed E-state index contributed by atoms with van der Waals surface area (Å²) in [5.41, 5.74) is -3.24. The average molecular weight is 577 g/mol. The summed E-state index contributed by atoms with van der Waals surface area (Å²) in [7, 11) is 3.58. The van der Waals surface area contributed by atoms with Crippen molar-refractivity contribution in [1.82, 2.24) is 10.2 Å². The van der Waals surface area contributed by atoms with Gasteiger partial charge in [-0.2, -0.15) is 0 Å². The molecule has 0 bridgehead atoms. The lowest BCUT2D eigenvalue weighted by Gasteiger charge is -2.45. The highest BCUT2D eigenvalue weighted by Crippen LogP contribution is 2.36. The standard InChI is InChI=1S/C29H56N2O9/c1-11-21-29(8,37)24(34)19(6)31(10)14-15(2)13-28(7,36)25(17(4)22(32)18(5)26(35)39-21)40-27-23(33)20(30-9)12-16(3)38-27/h15-25,27,30,32-34,36-37H,11-14H2,1-10H3. The monoisotopic (exact) mass is 576 g/mol. The molecule has 2 saturated heterocycles. The molecule has 2 aliphatic rings. The highest BCUT2D eigenvalue weighted by Gasteiger charge is 2.49. The van der Waals surface area contributed by atoms with Gasteiger partial charge in [0.2, 0.25) is 0 Å². The summed E-state index contributed by atoms with van der Waals surface area (Å²) in [6.07, 6.45) is -5.78. The van der Waals surface area contributed by atoms with Gasteiger partial charge in [0, 0.05) is 24.5 Å². The predicted molar refractivity (Wildman–Crippen MR) is 150 cm³/mol. The topological polar surface area (TPSA) is 161 Å². The third kappa shape index (κ3) is 7.93. The molecule has 0 aromatic rings. The Hall–Kier alpha value is -0.890. The van der Waals surface area contributed by atoms with Crippen LogP contribution in [0.3, 0.4) is 0 Å². The van der Waals surface area contributed by atoms with E-state index in [1.165, 1.54) is 13.8 Å². The van der Waals surface area contributed by atoms with Crippen LogP contribution in [0.2, 0.25) is 0 Å². The van der Waals surface area contributed by atoms with E-state index in [0.29, 0.717) is 13.0 Å². The molecule has 6 N–H and O–H groups in total. The molecule has 236 valence electrons. The molecule has 2 fully saturated rings. The number of rotatable bonds is 4. The molecule has 40 heavy (non-hydrogen) atoms. The molecular weight excluding hydrogens is 520 g/mol. The van der Waals surface area contributed by atoms with Crippen molar-refractivity contribution in [3.63, 3.8) is 0 Å². The van der Waals surface area contributed by atoms with Crippen LogP contribution in [0, 0.1) is 17.8 Å². The maximum Gasteiger partial charge on any atom is 0.311 e. The van der Waals surface area contributed by atoms with Crippen LogP contribution < -0.4 is 5.32 Å². The van der Waals surface area contributed by atoms with Crippen molar-refractivity contribution >= 4 is 5.97 Å². The van der Waals surface area contributed by atoms with E-state index in [0.717, 1.165) is 0 Å². The van der Waals surface area contributed by atoms with Gasteiger partial charge in [0.15, 0.2) is 6.29 Å². The number of carbonyl (C=O) groups is 1. The lowest BCUT2D eigenvalue weighted by Crippen LogP contribution is -2.59. The number of cyclic esters (lactones) is 1. The van der Waals surface area contributed by atoms with Crippen LogP contribution in [0.5, 0.6) is 0 Å². The van der Waals surface area contributed by atoms with Crippen molar-refractivity contribution < 1.29 is 44.5 Å². The molecule has 14 unspecified atom stereocenters. The quantitative estimate of drug-likeness (QED) is 0.261. The average Bonchev–Trinajstić information content (AvgIpc) is 2.88. The summed E-state index contributed by atoms with van der Waals surface area (Å²) in [6, 6.07) is -0.783. The van der Waals surface area contributed by atoms with Crippen LogP contribution in [0.15, 0.2) is 0 Å². The van der Waals surface area contributed by atoms with Gasteiger partial charge in [0.25, 0.3) is 0 Å². The predicted octanol–water partition coefficient (Wildman–Crippen LogP) is 0.633. The van der Waals surface area contributed by atoms with Gasteiger partial charge in [0.05, 0.1) is 29.8 Å². The molecule has 2 heterocycles. The van der Waals surface area contributed by atoms with Gasteiger partial charge in [-0.1, -0.05) is 20.8 Å². The van der Waals surface area contributed by atoms with Crippen LogP contribution in [-0.4, -0.2) is 123 Å². The molecule has 11 nitrogen and oxygen atoms in total. The van der Waals surface area contributed by atoms with E-state index in [4.69, 9.17) is 14.2 Å². The Morgan fingerprint density at radius 1 is 1.07 bits per heavy atom. The first-order chi connectivity index (χ1) is 18.4. The van der Waals surface area contributed by atoms with Gasteiger partial charge in [-0.3, -0.25) is 4.79 Å². The summed E-state index contributed by atoms with van der Waals surface area (Å²) in [5.74, 6) is -2.65. The number of hydrogen-bond acceptors (Lipinski definition) is 11. The number of likely N-dealkylation sites (N-methyl/N-ethyl adjacent to an activating group) is 2. The largest absolute Gasteiger partial charge is 0.459 e. The van der Waals surface area contributed by atoms with Crippen LogP contribution in [0.25, 0.3) is 0 Å². The van der Waals surface area contributed by atoms with Crippen molar-refractivity contribution in [3.05, 3.63) is 0 Å². The van der Waals surface area contributed by atoms with Crippen molar-refractivity contribution in [1.29, 1.82) is 0 Å². The van der Waals surface area contributed by atoms with Crippen LogP contribution in [-0.2, 0) is 19.0 Å². The first kappa shape index (κ1) is 35.3. The molecule has 14 atom stereocenters. The fourth-order valence-corrected chi connectivity index (χ4v) is 6.54. The lowest BCUT2D eigenvalue weighted by molar-refractivity contribution is -0.294. The van der Waals surface area contributed by atoms with Crippen LogP contribution in [0.1, 0.15) is 74.7 Å². The molecule has 11 heteroatoms. The first-order valence-corrected chi connectivity index (χ1v) is 14.8. The molecule has 2 aliphatic heterocycles. The van der Waals surface area contributed by atoms with Gasteiger partial charge in [-0.05, 0) is 73.9 Å². The van der Waals surface area contributed by atoms with Gasteiger partial charge in [-0.15, -0.1) is 0 Å². The second-order valence-corrected chi connectivity index (χ2v) is 13.0. The highest BCUT2D eigenvalue weighted by molar-refractivity contribution is 5.73. The number of hydrogen-bond donors (Lipinski definition) is 6. The molecule has 0 aliphatic carbocycles. The van der Waals surface area contributed by atoms with E-state index < -0.39 is 71.9 Å². The van der Waals surface area contributed by atoms with E-state index in [1.807, 2.05) is 25.8 Å². The maximum absolute atomic E-state index is 13.2. The molecule has 0 aromatic heterocycles. The molecule has 0 radical (unpaired) electrons. The number of aliphatic hydroxyl groups is 5. The number of nitrogens with one attached hydrogen (secondary N) is 1. The van der Waals surface area contributed by atoms with Gasteiger partial charge in [0.1, 0.15) is 23.9 Å². The molecule has 0 aromatic carbocycles. The minimum absolute atomic E-state index is 0.0985. The number of aliphatic hydroxyl groups excluding tert-OH is 3. The van der Waals surface area contributed by atoms with Crippen molar-refractivity contribution in [2.24, 2.45) is 17.8 Å². The molecule has 2 rings (SSSR count). The fraction of sp³-hybridized carbons (Fsp3) is 0.966. The fourth-order valence-electron chi connectivity index (χ4n) is 6.54. The normalized spacial score (nSPS) is 49.1. The Kier molecular flexibility index (Phi) is 12.4. The summed E-state index contributed by atoms with van der Waals surface area (Å²) in [5, 5.41) is 59.8. The first-order valence-electron chi connectivity index (χ1n) is 14.8. The Bertz CT molecular complexity index is 812. The zero-order chi connectivity index (χ0) is 30.7. The van der Waals surface area contributed by atoms with E-state index in [1.54, 1.807) is 34.7 Å². The Labute approximate surface area is 240 Å². The van der Waals surface area contributed by atoms with Crippen molar-refractivity contribution in [2.45, 2.75) is 141 Å². The summed E-state index contributed by atoms with van der Waals surface area (Å²) in [6.45, 7) is 14.2. The second kappa shape index (κ2) is 14.1. The third-order valence-corrected chi connectivity index (χ3v) is 9.20. The summed E-state index contributed by atoms with van der Waals surface area (Å²) < 4.78 is 18.0. The summed E-state index contributed by atoms with van der Waals surface area (Å²) >= 11 is 0. The van der Waals surface area contributed by atoms with Crippen LogP contribution in [0.4, 0.5) is 0 Å². The third-order valence-electron chi connectivity index (χ3n) is 9.20. The minimum atomic E-state index is -1.75. The van der Waals surface area contributed by atoms with E-state index >= 15 is 0 Å². The second-order valence-electron chi connectivity index (χ2n) is 13.0. The zero-order valence-electron chi connectivity index (χ0n) is 26.1. The SMILES string of the molecule is CCC1OC(=O)C(C)C(O)C(C)C(OC2OC(C)CC(NC)C2O)C(C)(O)CC(C)CN(C)C(C)C(O)C1(C)O. The molecule has 0 amide bonds. The zero-order valence-corrected chi connectivity index (χ0v) is 26.1. The highest BCUT2D eigenvalue weighted by atomic mass is 16.7. The Morgan fingerprint density at radius 3 is 2.23 bits per heavy atom. The van der Waals surface area contributed by atoms with Crippen LogP contribution >= 0.6 is 0 Å².